The predicted octanol–water partition coefficient (Wildman–Crippen LogP) is 2.40. The number of anilines is 1. The van der Waals surface area contributed by atoms with Crippen LogP contribution in [-0.4, -0.2) is 6.54 Å². The SMILES string of the molecule is C#CCCNc1ccc(F)c(F)c1. The molecule has 0 aromatic heterocycles. The Morgan fingerprint density at radius 2 is 2.08 bits per heavy atom. The Morgan fingerprint density at radius 3 is 2.69 bits per heavy atom. The number of hydrogen-bond acceptors (Lipinski definition) is 1. The zero-order chi connectivity index (χ0) is 9.68. The first-order valence-corrected chi connectivity index (χ1v) is 3.86. The maximum Gasteiger partial charge on any atom is 0.160 e. The fraction of sp³-hybridized carbons (Fsp3) is 0.200. The van der Waals surface area contributed by atoms with Crippen LogP contribution in [-0.2, 0) is 0 Å². The van der Waals surface area contributed by atoms with Crippen LogP contribution in [0.1, 0.15) is 6.42 Å². The lowest BCUT2D eigenvalue weighted by Gasteiger charge is -2.03. The first-order chi connectivity index (χ1) is 6.24. The van der Waals surface area contributed by atoms with Crippen molar-refractivity contribution < 1.29 is 8.78 Å². The second-order valence-corrected chi connectivity index (χ2v) is 2.51. The Labute approximate surface area is 75.8 Å². The standard InChI is InChI=1S/C10H9F2N/c1-2-3-6-13-8-4-5-9(11)10(12)7-8/h1,4-5,7,13H,3,6H2. The molecule has 1 aromatic rings. The average Bonchev–Trinajstić information content (AvgIpc) is 2.12. The summed E-state index contributed by atoms with van der Waals surface area (Å²) in [5.41, 5.74) is 0.536. The molecule has 0 fully saturated rings. The molecule has 0 aliphatic rings. The van der Waals surface area contributed by atoms with Crippen LogP contribution in [0.25, 0.3) is 0 Å². The van der Waals surface area contributed by atoms with Crippen LogP contribution in [0.15, 0.2) is 18.2 Å². The van der Waals surface area contributed by atoms with Gasteiger partial charge in [0.05, 0.1) is 0 Å². The van der Waals surface area contributed by atoms with Crippen molar-refractivity contribution in [3.8, 4) is 12.3 Å². The van der Waals surface area contributed by atoms with Crippen molar-refractivity contribution in [2.45, 2.75) is 6.42 Å². The molecule has 68 valence electrons. The molecule has 0 unspecified atom stereocenters. The van der Waals surface area contributed by atoms with Crippen LogP contribution in [0, 0.1) is 24.0 Å². The van der Waals surface area contributed by atoms with Crippen LogP contribution < -0.4 is 5.32 Å². The monoisotopic (exact) mass is 181 g/mol. The minimum Gasteiger partial charge on any atom is -0.384 e. The van der Waals surface area contributed by atoms with Gasteiger partial charge in [-0.1, -0.05) is 0 Å². The van der Waals surface area contributed by atoms with Gasteiger partial charge in [0.2, 0.25) is 0 Å². The van der Waals surface area contributed by atoms with Gasteiger partial charge in [0.25, 0.3) is 0 Å². The third-order valence-electron chi connectivity index (χ3n) is 1.52. The van der Waals surface area contributed by atoms with Crippen LogP contribution in [0.3, 0.4) is 0 Å². The minimum absolute atomic E-state index is 0.536. The maximum absolute atomic E-state index is 12.6. The van der Waals surface area contributed by atoms with Crippen LogP contribution in [0.2, 0.25) is 0 Å². The number of benzene rings is 1. The molecule has 0 saturated heterocycles. The van der Waals surface area contributed by atoms with E-state index in [4.69, 9.17) is 6.42 Å². The summed E-state index contributed by atoms with van der Waals surface area (Å²) < 4.78 is 25.1. The summed E-state index contributed by atoms with van der Waals surface area (Å²) in [6, 6.07) is 3.65. The van der Waals surface area contributed by atoms with Gasteiger partial charge in [0.15, 0.2) is 11.6 Å². The number of hydrogen-bond donors (Lipinski definition) is 1. The molecule has 1 nitrogen and oxygen atoms in total. The van der Waals surface area contributed by atoms with Gasteiger partial charge in [-0.25, -0.2) is 8.78 Å². The van der Waals surface area contributed by atoms with Gasteiger partial charge < -0.3 is 5.32 Å². The zero-order valence-corrected chi connectivity index (χ0v) is 6.98. The molecule has 0 amide bonds. The highest BCUT2D eigenvalue weighted by atomic mass is 19.2. The summed E-state index contributed by atoms with van der Waals surface area (Å²) in [5, 5.41) is 2.86. The first-order valence-electron chi connectivity index (χ1n) is 3.86. The molecule has 0 atom stereocenters. The molecule has 1 N–H and O–H groups in total. The Kier molecular flexibility index (Phi) is 3.27. The van der Waals surface area contributed by atoms with Gasteiger partial charge in [-0.05, 0) is 18.2 Å². The summed E-state index contributed by atoms with van der Waals surface area (Å²) in [5.74, 6) is 0.733. The van der Waals surface area contributed by atoms with Gasteiger partial charge in [0.1, 0.15) is 0 Å². The predicted molar refractivity (Wildman–Crippen MR) is 48.3 cm³/mol. The van der Waals surface area contributed by atoms with Crippen molar-refractivity contribution in [1.82, 2.24) is 0 Å². The fourth-order valence-electron chi connectivity index (χ4n) is 0.885. The molecule has 1 rings (SSSR count). The second kappa shape index (κ2) is 4.46. The Hall–Kier alpha value is -1.56. The van der Waals surface area contributed by atoms with Crippen LogP contribution in [0.4, 0.5) is 14.5 Å². The summed E-state index contributed by atoms with van der Waals surface area (Å²) >= 11 is 0. The van der Waals surface area contributed by atoms with Gasteiger partial charge in [-0.15, -0.1) is 12.3 Å². The summed E-state index contributed by atoms with van der Waals surface area (Å²) in [4.78, 5) is 0. The van der Waals surface area contributed by atoms with Gasteiger partial charge in [0, 0.05) is 18.7 Å². The van der Waals surface area contributed by atoms with Crippen LogP contribution in [0.5, 0.6) is 0 Å². The molecule has 1 aromatic carbocycles. The maximum atomic E-state index is 12.6. The van der Waals surface area contributed by atoms with Crippen molar-refractivity contribution >= 4 is 5.69 Å². The highest BCUT2D eigenvalue weighted by molar-refractivity contribution is 5.43. The van der Waals surface area contributed by atoms with Crippen molar-refractivity contribution in [2.75, 3.05) is 11.9 Å². The van der Waals surface area contributed by atoms with E-state index >= 15 is 0 Å². The van der Waals surface area contributed by atoms with E-state index in [1.165, 1.54) is 6.07 Å². The fourth-order valence-corrected chi connectivity index (χ4v) is 0.885. The van der Waals surface area contributed by atoms with Crippen molar-refractivity contribution in [1.29, 1.82) is 0 Å². The third kappa shape index (κ3) is 2.75. The molecular weight excluding hydrogens is 172 g/mol. The number of terminal acetylenes is 1. The topological polar surface area (TPSA) is 12.0 Å². The van der Waals surface area contributed by atoms with Crippen molar-refractivity contribution in [3.63, 3.8) is 0 Å². The van der Waals surface area contributed by atoms with Gasteiger partial charge in [-0.2, -0.15) is 0 Å². The zero-order valence-electron chi connectivity index (χ0n) is 6.98. The molecule has 0 heterocycles. The van der Waals surface area contributed by atoms with Crippen LogP contribution >= 0.6 is 0 Å². The Balaban J connectivity index is 2.59. The molecule has 0 spiro atoms. The van der Waals surface area contributed by atoms with E-state index in [1.54, 1.807) is 0 Å². The van der Waals surface area contributed by atoms with E-state index in [0.29, 0.717) is 18.7 Å². The van der Waals surface area contributed by atoms with E-state index < -0.39 is 11.6 Å². The first kappa shape index (κ1) is 9.53. The lowest BCUT2D eigenvalue weighted by molar-refractivity contribution is 0.509. The van der Waals surface area contributed by atoms with Crippen molar-refractivity contribution in [3.05, 3.63) is 29.8 Å². The molecule has 13 heavy (non-hydrogen) atoms. The molecule has 0 aliphatic heterocycles. The van der Waals surface area contributed by atoms with Crippen molar-refractivity contribution in [2.24, 2.45) is 0 Å². The molecule has 0 radical (unpaired) electrons. The quantitative estimate of drug-likeness (QED) is 0.557. The smallest absolute Gasteiger partial charge is 0.160 e. The molecule has 0 aliphatic carbocycles. The highest BCUT2D eigenvalue weighted by Crippen LogP contribution is 2.12. The number of rotatable bonds is 3. The van der Waals surface area contributed by atoms with E-state index in [2.05, 4.69) is 11.2 Å². The lowest BCUT2D eigenvalue weighted by Crippen LogP contribution is -2.00. The lowest BCUT2D eigenvalue weighted by atomic mass is 10.3. The largest absolute Gasteiger partial charge is 0.384 e. The Morgan fingerprint density at radius 1 is 1.31 bits per heavy atom. The van der Waals surface area contributed by atoms with E-state index in [1.807, 2.05) is 0 Å². The van der Waals surface area contributed by atoms with E-state index in [-0.39, 0.29) is 0 Å². The Bertz CT molecular complexity index is 328. The molecule has 3 heteroatoms. The second-order valence-electron chi connectivity index (χ2n) is 2.51. The average molecular weight is 181 g/mol. The molecule has 0 saturated carbocycles. The van der Waals surface area contributed by atoms with Gasteiger partial charge in [-0.3, -0.25) is 0 Å². The minimum atomic E-state index is -0.856. The molecular formula is C10H9F2N. The normalized spacial score (nSPS) is 9.31. The summed E-state index contributed by atoms with van der Waals surface area (Å²) in [6.07, 6.45) is 5.58. The summed E-state index contributed by atoms with van der Waals surface area (Å²) in [6.45, 7) is 0.557. The summed E-state index contributed by atoms with van der Waals surface area (Å²) in [7, 11) is 0. The van der Waals surface area contributed by atoms with E-state index in [9.17, 15) is 8.78 Å². The third-order valence-corrected chi connectivity index (χ3v) is 1.52. The number of halogens is 2. The molecule has 0 bridgehead atoms. The van der Waals surface area contributed by atoms with E-state index in [0.717, 1.165) is 12.1 Å². The highest BCUT2D eigenvalue weighted by Gasteiger charge is 2.00. The number of nitrogens with one attached hydrogen (secondary N) is 1. The van der Waals surface area contributed by atoms with Gasteiger partial charge >= 0.3 is 0 Å².